The Hall–Kier alpha value is -3.87. The molecule has 1 aliphatic rings. The number of rotatable bonds is 3. The average molecular weight is 423 g/mol. The molecule has 0 spiro atoms. The first-order valence-corrected chi connectivity index (χ1v) is 9.63. The molecule has 0 radical (unpaired) electrons. The van der Waals surface area contributed by atoms with Gasteiger partial charge in [0, 0.05) is 6.20 Å². The summed E-state index contributed by atoms with van der Waals surface area (Å²) in [4.78, 5) is 14.6. The first-order chi connectivity index (χ1) is 14.9. The van der Waals surface area contributed by atoms with Crippen LogP contribution in [0.5, 0.6) is 0 Å². The van der Waals surface area contributed by atoms with E-state index in [4.69, 9.17) is 5.26 Å². The molecule has 3 aromatic heterocycles. The summed E-state index contributed by atoms with van der Waals surface area (Å²) in [5, 5.41) is 12.8. The van der Waals surface area contributed by atoms with Crippen molar-refractivity contribution in [3.05, 3.63) is 71.7 Å². The van der Waals surface area contributed by atoms with Gasteiger partial charge in [0.1, 0.15) is 29.6 Å². The van der Waals surface area contributed by atoms with E-state index in [0.29, 0.717) is 11.5 Å². The van der Waals surface area contributed by atoms with Gasteiger partial charge >= 0.3 is 6.18 Å². The van der Waals surface area contributed by atoms with Crippen LogP contribution in [0.1, 0.15) is 41.0 Å². The highest BCUT2D eigenvalue weighted by Gasteiger charge is 2.35. The Morgan fingerprint density at radius 1 is 1.19 bits per heavy atom. The molecule has 0 bridgehead atoms. The molecule has 0 saturated heterocycles. The van der Waals surface area contributed by atoms with E-state index in [9.17, 15) is 13.2 Å². The summed E-state index contributed by atoms with van der Waals surface area (Å²) in [6.07, 6.45) is 1.62. The molecule has 156 valence electrons. The van der Waals surface area contributed by atoms with E-state index < -0.39 is 11.9 Å². The molecule has 3 heterocycles. The van der Waals surface area contributed by atoms with Gasteiger partial charge in [-0.25, -0.2) is 15.0 Å². The maximum Gasteiger partial charge on any atom is 0.431 e. The molecule has 2 atom stereocenters. The summed E-state index contributed by atoms with van der Waals surface area (Å²) in [7, 11) is 0. The lowest BCUT2D eigenvalue weighted by Gasteiger charge is -2.35. The molecule has 31 heavy (non-hydrogen) atoms. The molecule has 0 amide bonds. The molecule has 0 unspecified atom stereocenters. The number of nitrogens with zero attached hydrogens (tertiary/aromatic N) is 5. The number of anilines is 1. The summed E-state index contributed by atoms with van der Waals surface area (Å²) in [6, 6.07) is 10.6. The fourth-order valence-corrected chi connectivity index (χ4v) is 4.17. The van der Waals surface area contributed by atoms with Crippen LogP contribution < -0.4 is 5.32 Å². The fraction of sp³-hybridized carbons (Fsp3) is 0.238. The van der Waals surface area contributed by atoms with Gasteiger partial charge in [-0.05, 0) is 30.0 Å². The van der Waals surface area contributed by atoms with Crippen molar-refractivity contribution in [3.63, 3.8) is 0 Å². The first-order valence-electron chi connectivity index (χ1n) is 9.63. The number of aryl methyl sites for hydroxylation is 1. The zero-order chi connectivity index (χ0) is 21.6. The molecular formula is C21H16F3N7. The Morgan fingerprint density at radius 2 is 2.03 bits per heavy atom. The lowest BCUT2D eigenvalue weighted by atomic mass is 9.84. The molecule has 5 rings (SSSR count). The standard InChI is InChI=1S/C21H16F3N7/c22-21(23,24)17-7-15-19(29-17)26-10-27-20(15)30-18-14-4-2-1-3-12(14)5-6-16(18)31-9-13(8-25)28-11-31/h1-4,7,9-11,16,18H,5-6H2,(H2,26,27,29,30)/t16-,18+/m1/s1. The zero-order valence-corrected chi connectivity index (χ0v) is 16.1. The zero-order valence-electron chi connectivity index (χ0n) is 16.1. The largest absolute Gasteiger partial charge is 0.431 e. The minimum atomic E-state index is -4.51. The maximum absolute atomic E-state index is 13.2. The predicted molar refractivity (Wildman–Crippen MR) is 106 cm³/mol. The predicted octanol–water partition coefficient (Wildman–Crippen LogP) is 4.39. The van der Waals surface area contributed by atoms with Crippen LogP contribution in [-0.2, 0) is 12.6 Å². The van der Waals surface area contributed by atoms with Crippen LogP contribution >= 0.6 is 0 Å². The number of halogens is 3. The van der Waals surface area contributed by atoms with Gasteiger partial charge < -0.3 is 14.9 Å². The minimum Gasteiger partial charge on any atom is -0.360 e. The molecular weight excluding hydrogens is 407 g/mol. The van der Waals surface area contributed by atoms with Gasteiger partial charge in [0.25, 0.3) is 0 Å². The molecule has 2 N–H and O–H groups in total. The SMILES string of the molecule is N#Cc1cn([C@@H]2CCc3ccccc3[C@@H]2Nc2ncnc3[nH]c(C(F)(F)F)cc23)cn1. The number of fused-ring (bicyclic) bond motifs is 2. The molecule has 10 heteroatoms. The second-order valence-corrected chi connectivity index (χ2v) is 7.41. The van der Waals surface area contributed by atoms with Crippen molar-refractivity contribution >= 4 is 16.9 Å². The number of hydrogen-bond acceptors (Lipinski definition) is 5. The fourth-order valence-electron chi connectivity index (χ4n) is 4.17. The van der Waals surface area contributed by atoms with Crippen LogP contribution in [0.25, 0.3) is 11.0 Å². The second kappa shape index (κ2) is 7.12. The smallest absolute Gasteiger partial charge is 0.360 e. The van der Waals surface area contributed by atoms with E-state index in [1.165, 1.54) is 6.33 Å². The van der Waals surface area contributed by atoms with Crippen molar-refractivity contribution in [1.82, 2.24) is 24.5 Å². The lowest BCUT2D eigenvalue weighted by Crippen LogP contribution is -2.29. The lowest BCUT2D eigenvalue weighted by molar-refractivity contribution is -0.140. The molecule has 7 nitrogen and oxygen atoms in total. The van der Waals surface area contributed by atoms with Gasteiger partial charge in [0.2, 0.25) is 0 Å². The van der Waals surface area contributed by atoms with Crippen molar-refractivity contribution in [2.24, 2.45) is 0 Å². The first kappa shape index (κ1) is 19.1. The highest BCUT2D eigenvalue weighted by molar-refractivity contribution is 5.88. The van der Waals surface area contributed by atoms with E-state index in [2.05, 4.69) is 25.3 Å². The van der Waals surface area contributed by atoms with E-state index in [1.807, 2.05) is 34.9 Å². The van der Waals surface area contributed by atoms with Crippen LogP contribution in [0.3, 0.4) is 0 Å². The minimum absolute atomic E-state index is 0.101. The molecule has 0 aliphatic heterocycles. The molecule has 4 aromatic rings. The third kappa shape index (κ3) is 3.38. The van der Waals surface area contributed by atoms with E-state index in [0.717, 1.165) is 30.0 Å². The number of aromatic nitrogens is 5. The molecule has 0 fully saturated rings. The quantitative estimate of drug-likeness (QED) is 0.510. The number of aromatic amines is 1. The van der Waals surface area contributed by atoms with Gasteiger partial charge in [-0.15, -0.1) is 0 Å². The monoisotopic (exact) mass is 423 g/mol. The van der Waals surface area contributed by atoms with Crippen LogP contribution in [0, 0.1) is 11.3 Å². The van der Waals surface area contributed by atoms with Gasteiger partial charge in [0.05, 0.1) is 23.8 Å². The Bertz CT molecular complexity index is 1300. The maximum atomic E-state index is 13.2. The molecule has 0 saturated carbocycles. The third-order valence-electron chi connectivity index (χ3n) is 5.61. The Morgan fingerprint density at radius 3 is 2.81 bits per heavy atom. The summed E-state index contributed by atoms with van der Waals surface area (Å²) in [6.45, 7) is 0. The Kier molecular flexibility index (Phi) is 4.39. The van der Waals surface area contributed by atoms with Crippen LogP contribution in [0.4, 0.5) is 19.0 Å². The molecule has 1 aliphatic carbocycles. The molecule has 1 aromatic carbocycles. The summed E-state index contributed by atoms with van der Waals surface area (Å²) >= 11 is 0. The van der Waals surface area contributed by atoms with E-state index >= 15 is 0 Å². The highest BCUT2D eigenvalue weighted by Crippen LogP contribution is 2.41. The summed E-state index contributed by atoms with van der Waals surface area (Å²) < 4.78 is 41.5. The number of benzene rings is 1. The van der Waals surface area contributed by atoms with Crippen molar-refractivity contribution in [2.45, 2.75) is 31.1 Å². The van der Waals surface area contributed by atoms with Crippen molar-refractivity contribution in [2.75, 3.05) is 5.32 Å². The van der Waals surface area contributed by atoms with Gasteiger partial charge in [-0.1, -0.05) is 24.3 Å². The van der Waals surface area contributed by atoms with Gasteiger partial charge in [0.15, 0.2) is 5.69 Å². The van der Waals surface area contributed by atoms with E-state index in [1.54, 1.807) is 12.5 Å². The number of hydrogen-bond donors (Lipinski definition) is 2. The Labute approximate surface area is 174 Å². The van der Waals surface area contributed by atoms with E-state index in [-0.39, 0.29) is 23.1 Å². The number of alkyl halides is 3. The number of nitriles is 1. The second-order valence-electron chi connectivity index (χ2n) is 7.41. The van der Waals surface area contributed by atoms with Crippen molar-refractivity contribution in [1.29, 1.82) is 5.26 Å². The number of imidazole rings is 1. The van der Waals surface area contributed by atoms with Crippen molar-refractivity contribution in [3.8, 4) is 6.07 Å². The normalized spacial score (nSPS) is 18.5. The van der Waals surface area contributed by atoms with Crippen LogP contribution in [0.2, 0.25) is 0 Å². The topological polar surface area (TPSA) is 95.2 Å². The Balaban J connectivity index is 1.59. The van der Waals surface area contributed by atoms with Crippen LogP contribution in [0.15, 0.2) is 49.2 Å². The van der Waals surface area contributed by atoms with Gasteiger partial charge in [-0.2, -0.15) is 18.4 Å². The van der Waals surface area contributed by atoms with Crippen molar-refractivity contribution < 1.29 is 13.2 Å². The summed E-state index contributed by atoms with van der Waals surface area (Å²) in [5.41, 5.74) is 1.73. The highest BCUT2D eigenvalue weighted by atomic mass is 19.4. The van der Waals surface area contributed by atoms with Gasteiger partial charge in [-0.3, -0.25) is 0 Å². The number of H-pyrrole nitrogens is 1. The summed E-state index contributed by atoms with van der Waals surface area (Å²) in [5.74, 6) is 0.309. The third-order valence-corrected chi connectivity index (χ3v) is 5.61. The average Bonchev–Trinajstić information content (AvgIpc) is 3.41. The number of nitrogens with one attached hydrogen (secondary N) is 2. The van der Waals surface area contributed by atoms with Crippen LogP contribution in [-0.4, -0.2) is 24.5 Å².